The van der Waals surface area contributed by atoms with E-state index in [-0.39, 0.29) is 5.41 Å². The minimum Gasteiger partial charge on any atom is -0.396 e. The molecule has 0 radical (unpaired) electrons. The highest BCUT2D eigenvalue weighted by Crippen LogP contribution is 2.41. The summed E-state index contributed by atoms with van der Waals surface area (Å²) in [4.78, 5) is 4.91. The molecule has 1 N–H and O–H groups in total. The molecule has 3 nitrogen and oxygen atoms in total. The monoisotopic (exact) mass is 226 g/mol. The van der Waals surface area contributed by atoms with Crippen molar-refractivity contribution in [1.29, 1.82) is 0 Å². The zero-order valence-electron chi connectivity index (χ0n) is 10.8. The van der Waals surface area contributed by atoms with Crippen LogP contribution in [0.25, 0.3) is 0 Å². The third kappa shape index (κ3) is 2.58. The second-order valence-corrected chi connectivity index (χ2v) is 5.96. The maximum Gasteiger partial charge on any atom is 0.0499 e. The summed E-state index contributed by atoms with van der Waals surface area (Å²) in [6.07, 6.45) is 6.33. The average molecular weight is 226 g/mol. The van der Waals surface area contributed by atoms with Gasteiger partial charge in [0.1, 0.15) is 0 Å². The number of aliphatic hydroxyl groups is 1. The van der Waals surface area contributed by atoms with Gasteiger partial charge in [-0.2, -0.15) is 0 Å². The molecule has 2 rings (SSSR count). The summed E-state index contributed by atoms with van der Waals surface area (Å²) in [6, 6.07) is 0.736. The standard InChI is InChI=1S/C13H26N2O/c1-14-8-4-12(5-9-14)15(2)10-13(11-16)6-3-7-13/h12,16H,3-11H2,1-2H3. The van der Waals surface area contributed by atoms with Gasteiger partial charge in [-0.05, 0) is 52.9 Å². The van der Waals surface area contributed by atoms with E-state index in [9.17, 15) is 5.11 Å². The van der Waals surface area contributed by atoms with Crippen molar-refractivity contribution in [2.45, 2.75) is 38.1 Å². The highest BCUT2D eigenvalue weighted by atomic mass is 16.3. The van der Waals surface area contributed by atoms with E-state index in [1.807, 2.05) is 0 Å². The van der Waals surface area contributed by atoms with Gasteiger partial charge in [-0.15, -0.1) is 0 Å². The zero-order chi connectivity index (χ0) is 11.6. The molecule has 1 heterocycles. The predicted molar refractivity (Wildman–Crippen MR) is 66.5 cm³/mol. The van der Waals surface area contributed by atoms with Crippen molar-refractivity contribution >= 4 is 0 Å². The van der Waals surface area contributed by atoms with Crippen LogP contribution < -0.4 is 0 Å². The predicted octanol–water partition coefficient (Wildman–Crippen LogP) is 1.17. The van der Waals surface area contributed by atoms with E-state index in [1.54, 1.807) is 0 Å². The molecule has 0 aromatic heterocycles. The third-order valence-electron chi connectivity index (χ3n) is 4.65. The minimum atomic E-state index is 0.248. The van der Waals surface area contributed by atoms with E-state index in [0.717, 1.165) is 12.6 Å². The summed E-state index contributed by atoms with van der Waals surface area (Å²) in [5, 5.41) is 9.49. The summed E-state index contributed by atoms with van der Waals surface area (Å²) in [5.41, 5.74) is 0.248. The Balaban J connectivity index is 1.81. The highest BCUT2D eigenvalue weighted by molar-refractivity contribution is 4.91. The highest BCUT2D eigenvalue weighted by Gasteiger charge is 2.38. The summed E-state index contributed by atoms with van der Waals surface area (Å²) >= 11 is 0. The van der Waals surface area contributed by atoms with Gasteiger partial charge in [0.05, 0.1) is 0 Å². The van der Waals surface area contributed by atoms with E-state index < -0.39 is 0 Å². The normalized spacial score (nSPS) is 27.0. The summed E-state index contributed by atoms with van der Waals surface area (Å²) in [7, 11) is 4.45. The maximum absolute atomic E-state index is 9.49. The molecule has 0 bridgehead atoms. The quantitative estimate of drug-likeness (QED) is 0.779. The summed E-state index contributed by atoms with van der Waals surface area (Å²) in [5.74, 6) is 0. The fourth-order valence-corrected chi connectivity index (χ4v) is 3.14. The number of nitrogens with zero attached hydrogens (tertiary/aromatic N) is 2. The van der Waals surface area contributed by atoms with E-state index in [0.29, 0.717) is 6.61 Å². The van der Waals surface area contributed by atoms with Crippen molar-refractivity contribution in [3.63, 3.8) is 0 Å². The van der Waals surface area contributed by atoms with Gasteiger partial charge < -0.3 is 14.9 Å². The second kappa shape index (κ2) is 5.03. The van der Waals surface area contributed by atoms with Gasteiger partial charge in [-0.25, -0.2) is 0 Å². The van der Waals surface area contributed by atoms with Gasteiger partial charge >= 0.3 is 0 Å². The molecule has 0 amide bonds. The van der Waals surface area contributed by atoms with Crippen LogP contribution in [0.5, 0.6) is 0 Å². The molecular weight excluding hydrogens is 200 g/mol. The Morgan fingerprint density at radius 1 is 1.31 bits per heavy atom. The van der Waals surface area contributed by atoms with Crippen molar-refractivity contribution in [2.75, 3.05) is 40.3 Å². The zero-order valence-corrected chi connectivity index (χ0v) is 10.8. The molecule has 2 fully saturated rings. The number of aliphatic hydroxyl groups excluding tert-OH is 1. The molecule has 2 aliphatic rings. The minimum absolute atomic E-state index is 0.248. The molecular formula is C13H26N2O. The number of likely N-dealkylation sites (tertiary alicyclic amines) is 1. The number of piperidine rings is 1. The molecule has 0 aromatic carbocycles. The number of hydrogen-bond donors (Lipinski definition) is 1. The second-order valence-electron chi connectivity index (χ2n) is 5.96. The van der Waals surface area contributed by atoms with Crippen LogP contribution >= 0.6 is 0 Å². The molecule has 94 valence electrons. The van der Waals surface area contributed by atoms with Gasteiger partial charge in [-0.1, -0.05) is 6.42 Å². The van der Waals surface area contributed by atoms with E-state index in [4.69, 9.17) is 0 Å². The van der Waals surface area contributed by atoms with Crippen LogP contribution in [-0.2, 0) is 0 Å². The van der Waals surface area contributed by atoms with Gasteiger partial charge in [0.25, 0.3) is 0 Å². The first-order valence-corrected chi connectivity index (χ1v) is 6.65. The molecule has 0 unspecified atom stereocenters. The Labute approximate surface area is 99.4 Å². The van der Waals surface area contributed by atoms with Crippen LogP contribution in [0.2, 0.25) is 0 Å². The van der Waals surface area contributed by atoms with E-state index in [2.05, 4.69) is 23.9 Å². The fraction of sp³-hybridized carbons (Fsp3) is 1.00. The van der Waals surface area contributed by atoms with Crippen molar-refractivity contribution in [2.24, 2.45) is 5.41 Å². The molecule has 1 saturated carbocycles. The van der Waals surface area contributed by atoms with E-state index >= 15 is 0 Å². The van der Waals surface area contributed by atoms with Crippen LogP contribution in [-0.4, -0.2) is 61.3 Å². The fourth-order valence-electron chi connectivity index (χ4n) is 3.14. The van der Waals surface area contributed by atoms with Crippen molar-refractivity contribution in [3.8, 4) is 0 Å². The first kappa shape index (κ1) is 12.3. The lowest BCUT2D eigenvalue weighted by molar-refractivity contribution is -0.00371. The van der Waals surface area contributed by atoms with E-state index in [1.165, 1.54) is 45.2 Å². The molecule has 3 heteroatoms. The molecule has 1 saturated heterocycles. The summed E-state index contributed by atoms with van der Waals surface area (Å²) < 4.78 is 0. The molecule has 16 heavy (non-hydrogen) atoms. The van der Waals surface area contributed by atoms with Gasteiger partial charge in [0.2, 0.25) is 0 Å². The average Bonchev–Trinajstić information content (AvgIpc) is 2.24. The Bertz CT molecular complexity index is 214. The molecule has 1 aliphatic carbocycles. The van der Waals surface area contributed by atoms with Crippen LogP contribution in [0.3, 0.4) is 0 Å². The van der Waals surface area contributed by atoms with Crippen molar-refractivity contribution < 1.29 is 5.11 Å². The van der Waals surface area contributed by atoms with Gasteiger partial charge in [0, 0.05) is 24.6 Å². The van der Waals surface area contributed by atoms with Gasteiger partial charge in [0.15, 0.2) is 0 Å². The van der Waals surface area contributed by atoms with Crippen LogP contribution in [0.1, 0.15) is 32.1 Å². The van der Waals surface area contributed by atoms with Gasteiger partial charge in [-0.3, -0.25) is 0 Å². The topological polar surface area (TPSA) is 26.7 Å². The Morgan fingerprint density at radius 3 is 2.38 bits per heavy atom. The maximum atomic E-state index is 9.49. The molecule has 1 aliphatic heterocycles. The molecule has 0 atom stereocenters. The number of hydrogen-bond acceptors (Lipinski definition) is 3. The Hall–Kier alpha value is -0.120. The SMILES string of the molecule is CN1CCC(N(C)CC2(CO)CCC2)CC1. The third-order valence-corrected chi connectivity index (χ3v) is 4.65. The lowest BCUT2D eigenvalue weighted by atomic mass is 9.69. The van der Waals surface area contributed by atoms with Crippen LogP contribution in [0.15, 0.2) is 0 Å². The Kier molecular flexibility index (Phi) is 3.88. The largest absolute Gasteiger partial charge is 0.396 e. The Morgan fingerprint density at radius 2 is 1.94 bits per heavy atom. The first-order chi connectivity index (χ1) is 7.65. The van der Waals surface area contributed by atoms with Crippen molar-refractivity contribution in [1.82, 2.24) is 9.80 Å². The van der Waals surface area contributed by atoms with Crippen LogP contribution in [0, 0.1) is 5.41 Å². The lowest BCUT2D eigenvalue weighted by Gasteiger charge is -2.46. The number of rotatable bonds is 4. The molecule has 0 aromatic rings. The lowest BCUT2D eigenvalue weighted by Crippen LogP contribution is -2.49. The van der Waals surface area contributed by atoms with Crippen molar-refractivity contribution in [3.05, 3.63) is 0 Å². The summed E-state index contributed by atoms with van der Waals surface area (Å²) in [6.45, 7) is 3.92. The first-order valence-electron chi connectivity index (χ1n) is 6.65. The van der Waals surface area contributed by atoms with Crippen LogP contribution in [0.4, 0.5) is 0 Å². The molecule has 0 spiro atoms. The smallest absolute Gasteiger partial charge is 0.0499 e.